The van der Waals surface area contributed by atoms with Gasteiger partial charge >= 0.3 is 11.9 Å². The van der Waals surface area contributed by atoms with Crippen molar-refractivity contribution in [3.63, 3.8) is 0 Å². The summed E-state index contributed by atoms with van der Waals surface area (Å²) in [6.07, 6.45) is -2.30. The van der Waals surface area contributed by atoms with Gasteiger partial charge in [0.2, 0.25) is 0 Å². The predicted molar refractivity (Wildman–Crippen MR) is 110 cm³/mol. The molecule has 11 nitrogen and oxygen atoms in total. The molecule has 2 aliphatic heterocycles. The fourth-order valence-electron chi connectivity index (χ4n) is 3.56. The Kier molecular flexibility index (Phi) is 9.66. The molecule has 0 aromatic heterocycles. The molecule has 5 N–H and O–H groups in total. The van der Waals surface area contributed by atoms with Crippen molar-refractivity contribution in [3.05, 3.63) is 24.3 Å². The molecule has 0 unspecified atom stereocenters. The highest BCUT2D eigenvalue weighted by Gasteiger charge is 2.36. The summed E-state index contributed by atoms with van der Waals surface area (Å²) >= 11 is 0. The smallest absolute Gasteiger partial charge is 0.335 e. The zero-order valence-electron chi connectivity index (χ0n) is 17.9. The molecular formula is C21H31NO10. The fourth-order valence-corrected chi connectivity index (χ4v) is 3.56. The maximum atomic E-state index is 9.77. The molecule has 0 radical (unpaired) electrons. The quantitative estimate of drug-likeness (QED) is 0.327. The van der Waals surface area contributed by atoms with Gasteiger partial charge in [-0.1, -0.05) is 19.1 Å². The number of piperidine rings is 1. The molecule has 1 saturated heterocycles. The van der Waals surface area contributed by atoms with Crippen LogP contribution < -0.4 is 9.47 Å². The van der Waals surface area contributed by atoms with Crippen LogP contribution >= 0.6 is 0 Å². The van der Waals surface area contributed by atoms with Crippen molar-refractivity contribution in [2.75, 3.05) is 39.5 Å². The van der Waals surface area contributed by atoms with Crippen LogP contribution in [0.3, 0.4) is 0 Å². The normalized spacial score (nSPS) is 24.6. The minimum atomic E-state index is -2.27. The van der Waals surface area contributed by atoms with Crippen LogP contribution in [-0.2, 0) is 14.3 Å². The van der Waals surface area contributed by atoms with Gasteiger partial charge in [0.1, 0.15) is 6.61 Å². The number of para-hydroxylation sites is 2. The van der Waals surface area contributed by atoms with E-state index in [1.807, 2.05) is 24.3 Å². The molecule has 2 heterocycles. The Bertz CT molecular complexity index is 742. The number of rotatable bonds is 8. The number of aliphatic hydroxyl groups excluding tert-OH is 3. The van der Waals surface area contributed by atoms with Gasteiger partial charge in [-0.05, 0) is 25.0 Å². The lowest BCUT2D eigenvalue weighted by molar-refractivity contribution is -0.165. The number of fused-ring (bicyclic) bond motifs is 1. The van der Waals surface area contributed by atoms with Crippen LogP contribution in [0.15, 0.2) is 24.3 Å². The number of aliphatic carboxylic acids is 2. The van der Waals surface area contributed by atoms with Gasteiger partial charge in [-0.2, -0.15) is 0 Å². The van der Waals surface area contributed by atoms with E-state index in [-0.39, 0.29) is 18.2 Å². The Morgan fingerprint density at radius 2 is 1.81 bits per heavy atom. The predicted octanol–water partition coefficient (Wildman–Crippen LogP) is -0.228. The van der Waals surface area contributed by atoms with Crippen molar-refractivity contribution in [1.82, 2.24) is 4.90 Å². The number of carboxylic acid groups (broad SMARTS) is 2. The molecule has 3 rings (SSSR count). The molecule has 0 aliphatic carbocycles. The zero-order chi connectivity index (χ0) is 23.7. The number of aliphatic hydroxyl groups is 3. The second kappa shape index (κ2) is 12.0. The van der Waals surface area contributed by atoms with Crippen LogP contribution in [0, 0.1) is 5.41 Å². The Morgan fingerprint density at radius 3 is 2.41 bits per heavy atom. The van der Waals surface area contributed by atoms with Crippen LogP contribution in [0.2, 0.25) is 0 Å². The van der Waals surface area contributed by atoms with Gasteiger partial charge in [-0.3, -0.25) is 4.90 Å². The van der Waals surface area contributed by atoms with Gasteiger partial charge in [-0.25, -0.2) is 9.59 Å². The summed E-state index contributed by atoms with van der Waals surface area (Å²) in [4.78, 5) is 21.9. The summed E-state index contributed by atoms with van der Waals surface area (Å²) in [5.41, 5.74) is 0.105. The van der Waals surface area contributed by atoms with Crippen molar-refractivity contribution < 1.29 is 49.3 Å². The highest BCUT2D eigenvalue weighted by molar-refractivity contribution is 5.83. The average molecular weight is 457 g/mol. The van der Waals surface area contributed by atoms with Crippen molar-refractivity contribution >= 4 is 11.9 Å². The third kappa shape index (κ3) is 7.31. The topological polar surface area (TPSA) is 166 Å². The molecule has 11 heteroatoms. The van der Waals surface area contributed by atoms with Crippen molar-refractivity contribution in [2.24, 2.45) is 5.41 Å². The number of ether oxygens (including phenoxy) is 3. The number of hydrogen-bond donors (Lipinski definition) is 5. The van der Waals surface area contributed by atoms with Crippen LogP contribution in [0.25, 0.3) is 0 Å². The Balaban J connectivity index is 0.000000309. The van der Waals surface area contributed by atoms with Gasteiger partial charge in [0.15, 0.2) is 29.9 Å². The molecular weight excluding hydrogens is 426 g/mol. The van der Waals surface area contributed by atoms with Crippen LogP contribution in [0.1, 0.15) is 19.8 Å². The molecule has 0 amide bonds. The summed E-state index contributed by atoms with van der Waals surface area (Å²) in [5, 5.41) is 41.4. The van der Waals surface area contributed by atoms with Crippen molar-refractivity contribution in [2.45, 2.75) is 38.2 Å². The first-order valence-electron chi connectivity index (χ1n) is 10.3. The lowest BCUT2D eigenvalue weighted by Gasteiger charge is -2.44. The maximum Gasteiger partial charge on any atom is 0.335 e. The van der Waals surface area contributed by atoms with Crippen molar-refractivity contribution in [3.8, 4) is 11.5 Å². The first kappa shape index (κ1) is 25.8. The number of likely N-dealkylation sites (tertiary alicyclic amines) is 1. The zero-order valence-corrected chi connectivity index (χ0v) is 17.9. The van der Waals surface area contributed by atoms with E-state index in [1.54, 1.807) is 0 Å². The number of benzene rings is 1. The number of carboxylic acids is 2. The summed E-state index contributed by atoms with van der Waals surface area (Å²) < 4.78 is 17.5. The number of carbonyl (C=O) groups is 2. The van der Waals surface area contributed by atoms with Crippen LogP contribution in [0.4, 0.5) is 0 Å². The third-order valence-corrected chi connectivity index (χ3v) is 5.20. The summed E-state index contributed by atoms with van der Waals surface area (Å²) in [6.45, 7) is 5.91. The van der Waals surface area contributed by atoms with E-state index < -0.39 is 24.1 Å². The summed E-state index contributed by atoms with van der Waals surface area (Å²) in [6, 6.07) is 7.82. The van der Waals surface area contributed by atoms with E-state index in [2.05, 4.69) is 11.8 Å². The van der Waals surface area contributed by atoms with Gasteiger partial charge in [0, 0.05) is 18.5 Å². The lowest BCUT2D eigenvalue weighted by Crippen LogP contribution is -2.53. The van der Waals surface area contributed by atoms with Gasteiger partial charge < -0.3 is 39.7 Å². The first-order chi connectivity index (χ1) is 15.2. The first-order valence-corrected chi connectivity index (χ1v) is 10.3. The molecule has 1 aromatic carbocycles. The standard InChI is InChI=1S/C17H25NO4.C4H6O6/c1-17(13-20-10-9-19)7-4-8-18(12-17)16-11-21-14-5-2-3-6-15(14)22-16;5-1(3(7)8)2(6)4(9)10/h2-3,5-6,16,19H,4,7-13H2,1H3;1-2,5-6H,(H,7,8)(H,9,10)/t16-,17-;1-,2-/m00/s1. The molecule has 180 valence electrons. The van der Waals surface area contributed by atoms with Gasteiger partial charge in [0.25, 0.3) is 0 Å². The van der Waals surface area contributed by atoms with Gasteiger partial charge in [0.05, 0.1) is 19.8 Å². The molecule has 0 bridgehead atoms. The maximum absolute atomic E-state index is 9.77. The van der Waals surface area contributed by atoms with E-state index in [9.17, 15) is 9.59 Å². The Hall–Kier alpha value is -2.44. The second-order valence-corrected chi connectivity index (χ2v) is 8.06. The minimum Gasteiger partial charge on any atom is -0.484 e. The average Bonchev–Trinajstić information content (AvgIpc) is 2.78. The molecule has 2 aliphatic rings. The molecule has 1 fully saturated rings. The van der Waals surface area contributed by atoms with E-state index in [0.29, 0.717) is 19.8 Å². The SMILES string of the molecule is C[C@]1(COCCO)CCCN([C@@H]2COc3ccccc3O2)C1.O=C(O)[C@@H](O)[C@H](O)C(=O)O. The number of nitrogens with zero attached hydrogens (tertiary/aromatic N) is 1. The Labute approximate surface area is 185 Å². The summed E-state index contributed by atoms with van der Waals surface area (Å²) in [7, 11) is 0. The van der Waals surface area contributed by atoms with E-state index in [0.717, 1.165) is 37.4 Å². The molecule has 4 atom stereocenters. The lowest BCUT2D eigenvalue weighted by atomic mass is 9.82. The number of hydrogen-bond acceptors (Lipinski definition) is 9. The minimum absolute atomic E-state index is 0.0348. The molecule has 1 aromatic rings. The van der Waals surface area contributed by atoms with E-state index in [4.69, 9.17) is 39.7 Å². The third-order valence-electron chi connectivity index (χ3n) is 5.20. The monoisotopic (exact) mass is 457 g/mol. The van der Waals surface area contributed by atoms with Crippen molar-refractivity contribution in [1.29, 1.82) is 0 Å². The largest absolute Gasteiger partial charge is 0.484 e. The highest BCUT2D eigenvalue weighted by atomic mass is 16.6. The molecule has 0 spiro atoms. The molecule has 0 saturated carbocycles. The van der Waals surface area contributed by atoms with Crippen LogP contribution in [-0.4, -0.2) is 100 Å². The van der Waals surface area contributed by atoms with Gasteiger partial charge in [-0.15, -0.1) is 0 Å². The highest BCUT2D eigenvalue weighted by Crippen LogP contribution is 2.35. The summed E-state index contributed by atoms with van der Waals surface area (Å²) in [5.74, 6) is -1.89. The molecule has 32 heavy (non-hydrogen) atoms. The van der Waals surface area contributed by atoms with E-state index >= 15 is 0 Å². The fraction of sp³-hybridized carbons (Fsp3) is 0.619. The van der Waals surface area contributed by atoms with Crippen LogP contribution in [0.5, 0.6) is 11.5 Å². The Morgan fingerprint density at radius 1 is 1.19 bits per heavy atom. The van der Waals surface area contributed by atoms with E-state index in [1.165, 1.54) is 0 Å². The second-order valence-electron chi connectivity index (χ2n) is 8.06.